The van der Waals surface area contributed by atoms with Gasteiger partial charge in [-0.3, -0.25) is 4.21 Å². The SMILES string of the molecule is O=S([O-])Nc1cc(F)c(OCCF)cc1F. The molecule has 90 valence electrons. The van der Waals surface area contributed by atoms with E-state index in [9.17, 15) is 21.9 Å². The molecule has 0 aromatic heterocycles. The largest absolute Gasteiger partial charge is 0.755 e. The average Bonchev–Trinajstić information content (AvgIpc) is 2.20. The molecule has 4 nitrogen and oxygen atoms in total. The lowest BCUT2D eigenvalue weighted by atomic mass is 10.3. The van der Waals surface area contributed by atoms with Gasteiger partial charge in [0.15, 0.2) is 17.4 Å². The maximum atomic E-state index is 13.1. The van der Waals surface area contributed by atoms with Gasteiger partial charge in [-0.1, -0.05) is 0 Å². The summed E-state index contributed by atoms with van der Waals surface area (Å²) in [4.78, 5) is 0. The lowest BCUT2D eigenvalue weighted by Crippen LogP contribution is -2.06. The first kappa shape index (κ1) is 12.8. The normalized spacial score (nSPS) is 12.2. The van der Waals surface area contributed by atoms with Crippen LogP contribution in [0.3, 0.4) is 0 Å². The van der Waals surface area contributed by atoms with Crippen LogP contribution in [-0.4, -0.2) is 22.0 Å². The fourth-order valence-electron chi connectivity index (χ4n) is 0.956. The second-order valence-electron chi connectivity index (χ2n) is 2.64. The van der Waals surface area contributed by atoms with Crippen molar-refractivity contribution in [3.8, 4) is 5.75 Å². The number of alkyl halides is 1. The van der Waals surface area contributed by atoms with Gasteiger partial charge in [0.05, 0.1) is 5.69 Å². The number of benzene rings is 1. The van der Waals surface area contributed by atoms with Crippen LogP contribution in [0.1, 0.15) is 0 Å². The lowest BCUT2D eigenvalue weighted by molar-refractivity contribution is 0.261. The van der Waals surface area contributed by atoms with Crippen LogP contribution < -0.4 is 9.46 Å². The molecule has 1 atom stereocenters. The molecule has 0 radical (unpaired) electrons. The molecule has 1 aromatic carbocycles. The Hall–Kier alpha value is -1.28. The zero-order valence-electron chi connectivity index (χ0n) is 7.84. The zero-order chi connectivity index (χ0) is 12.1. The van der Waals surface area contributed by atoms with Crippen molar-refractivity contribution in [1.82, 2.24) is 0 Å². The third-order valence-corrected chi connectivity index (χ3v) is 1.94. The summed E-state index contributed by atoms with van der Waals surface area (Å²) in [6.45, 7) is -1.25. The van der Waals surface area contributed by atoms with Gasteiger partial charge in [-0.2, -0.15) is 0 Å². The fourth-order valence-corrected chi connectivity index (χ4v) is 1.29. The summed E-state index contributed by atoms with van der Waals surface area (Å²) < 4.78 is 64.7. The van der Waals surface area contributed by atoms with E-state index in [4.69, 9.17) is 0 Å². The molecule has 0 aliphatic rings. The highest BCUT2D eigenvalue weighted by molar-refractivity contribution is 7.80. The predicted octanol–water partition coefficient (Wildman–Crippen LogP) is 1.52. The van der Waals surface area contributed by atoms with Crippen LogP contribution in [0.15, 0.2) is 12.1 Å². The van der Waals surface area contributed by atoms with Crippen LogP contribution in [0, 0.1) is 11.6 Å². The minimum Gasteiger partial charge on any atom is -0.755 e. The molecule has 1 unspecified atom stereocenters. The Labute approximate surface area is 91.8 Å². The number of nitrogens with one attached hydrogen (secondary N) is 1. The van der Waals surface area contributed by atoms with Gasteiger partial charge in [-0.05, 0) is 0 Å². The lowest BCUT2D eigenvalue weighted by Gasteiger charge is -2.11. The highest BCUT2D eigenvalue weighted by atomic mass is 32.2. The Bertz CT molecular complexity index is 402. The van der Waals surface area contributed by atoms with Crippen molar-refractivity contribution in [3.63, 3.8) is 0 Å². The first-order valence-corrected chi connectivity index (χ1v) is 5.16. The standard InChI is InChI=1S/C8H8F3NO3S/c9-1-2-15-8-4-5(10)7(3-6(8)11)12-16(13)14/h3-4,12H,1-2H2,(H,13,14)/p-1. The molecule has 0 bridgehead atoms. The number of rotatable bonds is 5. The summed E-state index contributed by atoms with van der Waals surface area (Å²) in [7, 11) is 0. The first-order valence-electron chi connectivity index (χ1n) is 4.08. The van der Waals surface area contributed by atoms with E-state index in [1.54, 1.807) is 4.72 Å². The van der Waals surface area contributed by atoms with Gasteiger partial charge in [0.25, 0.3) is 0 Å². The molecule has 1 rings (SSSR count). The zero-order valence-corrected chi connectivity index (χ0v) is 8.65. The van der Waals surface area contributed by atoms with Crippen LogP contribution in [0.25, 0.3) is 0 Å². The second-order valence-corrected chi connectivity index (χ2v) is 3.31. The third kappa shape index (κ3) is 3.38. The molecule has 0 aliphatic carbocycles. The Morgan fingerprint density at radius 2 is 2.06 bits per heavy atom. The van der Waals surface area contributed by atoms with E-state index >= 15 is 0 Å². The van der Waals surface area contributed by atoms with Gasteiger partial charge >= 0.3 is 0 Å². The highest BCUT2D eigenvalue weighted by Crippen LogP contribution is 2.25. The van der Waals surface area contributed by atoms with Crippen molar-refractivity contribution in [1.29, 1.82) is 0 Å². The molecule has 0 aliphatic heterocycles. The summed E-state index contributed by atoms with van der Waals surface area (Å²) in [5.74, 6) is -2.47. The molecule has 0 amide bonds. The highest BCUT2D eigenvalue weighted by Gasteiger charge is 2.10. The van der Waals surface area contributed by atoms with Crippen LogP contribution in [-0.2, 0) is 11.3 Å². The molecule has 16 heavy (non-hydrogen) atoms. The van der Waals surface area contributed by atoms with Gasteiger partial charge in [-0.25, -0.2) is 13.2 Å². The molecule has 0 fully saturated rings. The number of hydrogen-bond donors (Lipinski definition) is 1. The van der Waals surface area contributed by atoms with Crippen molar-refractivity contribution in [2.24, 2.45) is 0 Å². The molecule has 1 aromatic rings. The van der Waals surface area contributed by atoms with Crippen LogP contribution in [0.4, 0.5) is 18.9 Å². The van der Waals surface area contributed by atoms with E-state index < -0.39 is 47.6 Å². The van der Waals surface area contributed by atoms with Crippen molar-refractivity contribution in [3.05, 3.63) is 23.8 Å². The van der Waals surface area contributed by atoms with E-state index in [1.807, 2.05) is 0 Å². The van der Waals surface area contributed by atoms with Gasteiger partial charge < -0.3 is 14.0 Å². The third-order valence-electron chi connectivity index (χ3n) is 1.55. The maximum Gasteiger partial charge on any atom is 0.167 e. The van der Waals surface area contributed by atoms with E-state index in [0.717, 1.165) is 0 Å². The molecule has 0 saturated heterocycles. The molecule has 0 spiro atoms. The average molecular weight is 254 g/mol. The number of hydrogen-bond acceptors (Lipinski definition) is 3. The number of anilines is 1. The quantitative estimate of drug-likeness (QED) is 0.810. The van der Waals surface area contributed by atoms with Gasteiger partial charge in [0.2, 0.25) is 0 Å². The van der Waals surface area contributed by atoms with Crippen molar-refractivity contribution in [2.45, 2.75) is 0 Å². The van der Waals surface area contributed by atoms with E-state index in [0.29, 0.717) is 12.1 Å². The summed E-state index contributed by atoms with van der Waals surface area (Å²) in [6, 6.07) is 1.25. The summed E-state index contributed by atoms with van der Waals surface area (Å²) in [5, 5.41) is 0. The molecule has 1 N–H and O–H groups in total. The van der Waals surface area contributed by atoms with E-state index in [2.05, 4.69) is 4.74 Å². The summed E-state index contributed by atoms with van der Waals surface area (Å²) in [5.41, 5.74) is -0.543. The van der Waals surface area contributed by atoms with Gasteiger partial charge in [0.1, 0.15) is 13.3 Å². The number of halogens is 3. The Morgan fingerprint density at radius 3 is 2.62 bits per heavy atom. The topological polar surface area (TPSA) is 61.4 Å². The fraction of sp³-hybridized carbons (Fsp3) is 0.250. The monoisotopic (exact) mass is 254 g/mol. The molecular formula is C8H7F3NO3S-. The van der Waals surface area contributed by atoms with Crippen LogP contribution >= 0.6 is 0 Å². The predicted molar refractivity (Wildman–Crippen MR) is 50.4 cm³/mol. The Kier molecular flexibility index (Phi) is 4.56. The smallest absolute Gasteiger partial charge is 0.167 e. The van der Waals surface area contributed by atoms with Crippen molar-refractivity contribution < 1.29 is 26.7 Å². The van der Waals surface area contributed by atoms with Gasteiger partial charge in [0, 0.05) is 23.4 Å². The number of ether oxygens (including phenoxy) is 1. The summed E-state index contributed by atoms with van der Waals surface area (Å²) in [6.07, 6.45) is 0. The molecule has 0 heterocycles. The minimum absolute atomic E-state index is 0.406. The maximum absolute atomic E-state index is 13.1. The molecule has 8 heteroatoms. The minimum atomic E-state index is -2.75. The van der Waals surface area contributed by atoms with E-state index in [1.165, 1.54) is 0 Å². The molecular weight excluding hydrogens is 247 g/mol. The van der Waals surface area contributed by atoms with Crippen LogP contribution in [0.2, 0.25) is 0 Å². The summed E-state index contributed by atoms with van der Waals surface area (Å²) >= 11 is -2.75. The van der Waals surface area contributed by atoms with Crippen LogP contribution in [0.5, 0.6) is 5.75 Å². The Morgan fingerprint density at radius 1 is 1.38 bits per heavy atom. The van der Waals surface area contributed by atoms with E-state index in [-0.39, 0.29) is 0 Å². The first-order chi connectivity index (χ1) is 7.54. The van der Waals surface area contributed by atoms with Crippen molar-refractivity contribution >= 4 is 17.0 Å². The molecule has 0 saturated carbocycles. The Balaban J connectivity index is 2.92. The van der Waals surface area contributed by atoms with Crippen molar-refractivity contribution in [2.75, 3.05) is 18.0 Å². The second kappa shape index (κ2) is 5.71. The van der Waals surface area contributed by atoms with Gasteiger partial charge in [-0.15, -0.1) is 0 Å².